The maximum atomic E-state index is 5.80. The maximum Gasteiger partial charge on any atom is 0.123 e. The lowest BCUT2D eigenvalue weighted by Gasteiger charge is -2.23. The molecule has 0 unspecified atom stereocenters. The van der Waals surface area contributed by atoms with E-state index < -0.39 is 0 Å². The van der Waals surface area contributed by atoms with E-state index in [1.807, 2.05) is 12.2 Å². The molecule has 1 nitrogen and oxygen atoms in total. The van der Waals surface area contributed by atoms with E-state index >= 15 is 0 Å². The second kappa shape index (κ2) is 6.15. The summed E-state index contributed by atoms with van der Waals surface area (Å²) < 4.78 is 5.80. The van der Waals surface area contributed by atoms with Crippen molar-refractivity contribution in [2.75, 3.05) is 12.4 Å². The zero-order valence-corrected chi connectivity index (χ0v) is 12.1. The number of hydrogen-bond acceptors (Lipinski definition) is 2. The van der Waals surface area contributed by atoms with Crippen molar-refractivity contribution in [3.8, 4) is 5.75 Å². The first-order chi connectivity index (χ1) is 7.95. The monoisotopic (exact) mass is 250 g/mol. The fourth-order valence-electron chi connectivity index (χ4n) is 1.64. The Bertz CT molecular complexity index is 388. The number of benzene rings is 1. The third-order valence-corrected chi connectivity index (χ3v) is 2.76. The molecule has 0 aliphatic rings. The maximum absolute atomic E-state index is 5.80. The third kappa shape index (κ3) is 4.47. The van der Waals surface area contributed by atoms with Crippen molar-refractivity contribution in [1.29, 1.82) is 0 Å². The summed E-state index contributed by atoms with van der Waals surface area (Å²) in [6.45, 7) is 9.33. The van der Waals surface area contributed by atoms with Crippen molar-refractivity contribution >= 4 is 12.6 Å². The molecule has 0 saturated carbocycles. The summed E-state index contributed by atoms with van der Waals surface area (Å²) in [5, 5.41) is 0. The van der Waals surface area contributed by atoms with Crippen LogP contribution in [-0.4, -0.2) is 12.4 Å². The van der Waals surface area contributed by atoms with Crippen LogP contribution in [0.5, 0.6) is 5.75 Å². The molecule has 1 aromatic rings. The fraction of sp³-hybridized carbons (Fsp3) is 0.467. The normalized spacial score (nSPS) is 12.1. The van der Waals surface area contributed by atoms with Gasteiger partial charge in [0.25, 0.3) is 0 Å². The molecule has 0 heterocycles. The Kier molecular flexibility index (Phi) is 5.13. The summed E-state index contributed by atoms with van der Waals surface area (Å²) in [6.07, 6.45) is 3.99. The summed E-state index contributed by atoms with van der Waals surface area (Å²) >= 11 is 4.12. The Labute approximate surface area is 110 Å². The van der Waals surface area contributed by atoms with Gasteiger partial charge in [0.05, 0.1) is 0 Å². The quantitative estimate of drug-likeness (QED) is 0.623. The molecule has 0 N–H and O–H groups in total. The Morgan fingerprint density at radius 3 is 2.53 bits per heavy atom. The van der Waals surface area contributed by atoms with E-state index in [2.05, 4.69) is 58.5 Å². The molecule has 0 amide bonds. The lowest BCUT2D eigenvalue weighted by Crippen LogP contribution is -2.13. The van der Waals surface area contributed by atoms with Gasteiger partial charge in [0.1, 0.15) is 12.4 Å². The van der Waals surface area contributed by atoms with Gasteiger partial charge in [0.15, 0.2) is 0 Å². The minimum atomic E-state index is 0.106. The lowest BCUT2D eigenvalue weighted by molar-refractivity contribution is 0.350. The molecule has 0 saturated heterocycles. The molecule has 0 aromatic heterocycles. The molecule has 1 rings (SSSR count). The van der Waals surface area contributed by atoms with Crippen LogP contribution in [0.15, 0.2) is 30.4 Å². The van der Waals surface area contributed by atoms with E-state index in [0.29, 0.717) is 6.61 Å². The summed E-state index contributed by atoms with van der Waals surface area (Å²) in [6, 6.07) is 6.36. The highest BCUT2D eigenvalue weighted by molar-refractivity contribution is 7.80. The Morgan fingerprint density at radius 2 is 1.94 bits per heavy atom. The molecular weight excluding hydrogens is 228 g/mol. The SMILES string of the molecule is Cc1ccc(OCC=CCS)c(C(C)(C)C)c1. The van der Waals surface area contributed by atoms with Crippen LogP contribution >= 0.6 is 12.6 Å². The van der Waals surface area contributed by atoms with Crippen molar-refractivity contribution in [3.05, 3.63) is 41.5 Å². The number of hydrogen-bond donors (Lipinski definition) is 1. The van der Waals surface area contributed by atoms with E-state index in [1.54, 1.807) is 0 Å². The van der Waals surface area contributed by atoms with E-state index in [0.717, 1.165) is 11.5 Å². The van der Waals surface area contributed by atoms with Gasteiger partial charge in [0, 0.05) is 5.75 Å². The molecule has 0 bridgehead atoms. The number of thiol groups is 1. The van der Waals surface area contributed by atoms with Crippen LogP contribution in [-0.2, 0) is 5.41 Å². The van der Waals surface area contributed by atoms with Gasteiger partial charge in [-0.05, 0) is 24.0 Å². The molecule has 0 atom stereocenters. The predicted molar refractivity (Wildman–Crippen MR) is 78.4 cm³/mol. The minimum Gasteiger partial charge on any atom is -0.489 e. The molecule has 0 aliphatic heterocycles. The average Bonchev–Trinajstić information content (AvgIpc) is 2.25. The molecule has 17 heavy (non-hydrogen) atoms. The van der Waals surface area contributed by atoms with Crippen LogP contribution in [0.1, 0.15) is 31.9 Å². The molecule has 0 radical (unpaired) electrons. The minimum absolute atomic E-state index is 0.106. The van der Waals surface area contributed by atoms with Crippen molar-refractivity contribution in [2.45, 2.75) is 33.1 Å². The molecular formula is C15H22OS. The fourth-order valence-corrected chi connectivity index (χ4v) is 1.79. The molecule has 0 aliphatic carbocycles. The number of ether oxygens (including phenoxy) is 1. The summed E-state index contributed by atoms with van der Waals surface area (Å²) in [7, 11) is 0. The summed E-state index contributed by atoms with van der Waals surface area (Å²) in [5.41, 5.74) is 2.64. The molecule has 0 fully saturated rings. The predicted octanol–water partition coefficient (Wildman–Crippen LogP) is 4.16. The van der Waals surface area contributed by atoms with Gasteiger partial charge >= 0.3 is 0 Å². The second-order valence-corrected chi connectivity index (χ2v) is 5.58. The second-order valence-electron chi connectivity index (χ2n) is 5.21. The smallest absolute Gasteiger partial charge is 0.123 e. The zero-order valence-electron chi connectivity index (χ0n) is 11.2. The van der Waals surface area contributed by atoms with Gasteiger partial charge in [-0.1, -0.05) is 50.6 Å². The van der Waals surface area contributed by atoms with E-state index in [4.69, 9.17) is 4.74 Å². The first-order valence-electron chi connectivity index (χ1n) is 5.95. The number of aryl methyl sites for hydroxylation is 1. The Balaban J connectivity index is 2.87. The van der Waals surface area contributed by atoms with Crippen molar-refractivity contribution in [2.24, 2.45) is 0 Å². The van der Waals surface area contributed by atoms with Crippen molar-refractivity contribution < 1.29 is 4.74 Å². The lowest BCUT2D eigenvalue weighted by atomic mass is 9.85. The summed E-state index contributed by atoms with van der Waals surface area (Å²) in [4.78, 5) is 0. The van der Waals surface area contributed by atoms with E-state index in [9.17, 15) is 0 Å². The van der Waals surface area contributed by atoms with Gasteiger partial charge in [-0.15, -0.1) is 0 Å². The van der Waals surface area contributed by atoms with Gasteiger partial charge in [-0.2, -0.15) is 12.6 Å². The average molecular weight is 250 g/mol. The Hall–Kier alpha value is -0.890. The summed E-state index contributed by atoms with van der Waals surface area (Å²) in [5.74, 6) is 1.73. The van der Waals surface area contributed by atoms with Crippen LogP contribution in [0.4, 0.5) is 0 Å². The third-order valence-electron chi connectivity index (χ3n) is 2.55. The topological polar surface area (TPSA) is 9.23 Å². The molecule has 1 aromatic carbocycles. The first-order valence-corrected chi connectivity index (χ1v) is 6.58. The van der Waals surface area contributed by atoms with E-state index in [1.165, 1.54) is 11.1 Å². The molecule has 2 heteroatoms. The molecule has 0 spiro atoms. The zero-order chi connectivity index (χ0) is 12.9. The standard InChI is InChI=1S/C15H22OS/c1-12-7-8-14(16-9-5-6-10-17)13(11-12)15(2,3)4/h5-8,11,17H,9-10H2,1-4H3. The number of rotatable bonds is 4. The van der Waals surface area contributed by atoms with Crippen molar-refractivity contribution in [1.82, 2.24) is 0 Å². The highest BCUT2D eigenvalue weighted by Crippen LogP contribution is 2.32. The Morgan fingerprint density at radius 1 is 1.24 bits per heavy atom. The van der Waals surface area contributed by atoms with Gasteiger partial charge in [-0.3, -0.25) is 0 Å². The largest absolute Gasteiger partial charge is 0.489 e. The first kappa shape index (κ1) is 14.2. The van der Waals surface area contributed by atoms with Gasteiger partial charge in [0.2, 0.25) is 0 Å². The van der Waals surface area contributed by atoms with Gasteiger partial charge < -0.3 is 4.74 Å². The van der Waals surface area contributed by atoms with Crippen LogP contribution in [0.25, 0.3) is 0 Å². The van der Waals surface area contributed by atoms with Crippen LogP contribution in [0, 0.1) is 6.92 Å². The van der Waals surface area contributed by atoms with E-state index in [-0.39, 0.29) is 5.41 Å². The highest BCUT2D eigenvalue weighted by atomic mass is 32.1. The van der Waals surface area contributed by atoms with Crippen LogP contribution in [0.3, 0.4) is 0 Å². The van der Waals surface area contributed by atoms with Crippen molar-refractivity contribution in [3.63, 3.8) is 0 Å². The molecule has 94 valence electrons. The van der Waals surface area contributed by atoms with Crippen LogP contribution < -0.4 is 4.74 Å². The van der Waals surface area contributed by atoms with Crippen LogP contribution in [0.2, 0.25) is 0 Å². The van der Waals surface area contributed by atoms with Gasteiger partial charge in [-0.25, -0.2) is 0 Å². The highest BCUT2D eigenvalue weighted by Gasteiger charge is 2.18.